The van der Waals surface area contributed by atoms with Crippen LogP contribution in [0.3, 0.4) is 0 Å². The fraction of sp³-hybridized carbons (Fsp3) is 0.176. The number of pyridine rings is 2. The highest BCUT2D eigenvalue weighted by Gasteiger charge is 2.08. The largest absolute Gasteiger partial charge is 0.305 e. The van der Waals surface area contributed by atoms with Gasteiger partial charge in [0.25, 0.3) is 0 Å². The van der Waals surface area contributed by atoms with Gasteiger partial charge in [-0.3, -0.25) is 9.97 Å². The number of hydrogen-bond donors (Lipinski definition) is 1. The molecule has 3 aromatic rings. The summed E-state index contributed by atoms with van der Waals surface area (Å²) < 4.78 is 12.9. The second-order valence-corrected chi connectivity index (χ2v) is 5.00. The molecule has 0 saturated heterocycles. The van der Waals surface area contributed by atoms with Crippen molar-refractivity contribution in [3.05, 3.63) is 71.9 Å². The van der Waals surface area contributed by atoms with Crippen LogP contribution >= 0.6 is 0 Å². The molecule has 106 valence electrons. The summed E-state index contributed by atoms with van der Waals surface area (Å²) in [5.41, 5.74) is 2.97. The maximum absolute atomic E-state index is 12.9. The number of hydrogen-bond acceptors (Lipinski definition) is 3. The first-order chi connectivity index (χ1) is 10.2. The van der Waals surface area contributed by atoms with E-state index in [1.54, 1.807) is 12.3 Å². The van der Waals surface area contributed by atoms with Crippen molar-refractivity contribution in [3.63, 3.8) is 0 Å². The second-order valence-electron chi connectivity index (χ2n) is 5.00. The van der Waals surface area contributed by atoms with Crippen molar-refractivity contribution in [1.82, 2.24) is 15.3 Å². The first kappa shape index (κ1) is 13.6. The molecule has 1 atom stereocenters. The molecule has 1 unspecified atom stereocenters. The third kappa shape index (κ3) is 3.06. The Kier molecular flexibility index (Phi) is 3.88. The molecule has 3 rings (SSSR count). The molecule has 1 aromatic carbocycles. The molecule has 0 bridgehead atoms. The van der Waals surface area contributed by atoms with Crippen molar-refractivity contribution in [2.75, 3.05) is 0 Å². The van der Waals surface area contributed by atoms with Crippen LogP contribution in [0.4, 0.5) is 4.39 Å². The summed E-state index contributed by atoms with van der Waals surface area (Å²) in [6, 6.07) is 13.3. The van der Waals surface area contributed by atoms with Gasteiger partial charge in [0.15, 0.2) is 0 Å². The molecular formula is C17H16FN3. The van der Waals surface area contributed by atoms with Crippen LogP contribution in [0.5, 0.6) is 0 Å². The molecule has 3 nitrogen and oxygen atoms in total. The summed E-state index contributed by atoms with van der Waals surface area (Å²) in [7, 11) is 0. The Morgan fingerprint density at radius 1 is 1.10 bits per heavy atom. The fourth-order valence-corrected chi connectivity index (χ4v) is 2.32. The third-order valence-corrected chi connectivity index (χ3v) is 3.51. The van der Waals surface area contributed by atoms with Crippen LogP contribution in [0.25, 0.3) is 10.9 Å². The summed E-state index contributed by atoms with van der Waals surface area (Å²) in [6.07, 6.45) is 3.05. The van der Waals surface area contributed by atoms with Gasteiger partial charge in [-0.25, -0.2) is 4.39 Å². The Bertz CT molecular complexity index is 735. The van der Waals surface area contributed by atoms with Crippen molar-refractivity contribution >= 4 is 10.9 Å². The Balaban J connectivity index is 1.76. The molecule has 0 aliphatic carbocycles. The van der Waals surface area contributed by atoms with Crippen molar-refractivity contribution in [2.24, 2.45) is 0 Å². The van der Waals surface area contributed by atoms with E-state index in [9.17, 15) is 4.39 Å². The molecule has 4 heteroatoms. The first-order valence-electron chi connectivity index (χ1n) is 6.91. The van der Waals surface area contributed by atoms with Crippen LogP contribution < -0.4 is 5.32 Å². The van der Waals surface area contributed by atoms with E-state index in [0.717, 1.165) is 22.2 Å². The van der Waals surface area contributed by atoms with E-state index >= 15 is 0 Å². The molecule has 1 N–H and O–H groups in total. The highest BCUT2D eigenvalue weighted by atomic mass is 19.1. The molecule has 0 fully saturated rings. The summed E-state index contributed by atoms with van der Waals surface area (Å²) in [6.45, 7) is 2.70. The molecular weight excluding hydrogens is 265 g/mol. The Morgan fingerprint density at radius 3 is 2.76 bits per heavy atom. The highest BCUT2D eigenvalue weighted by molar-refractivity contribution is 5.81. The van der Waals surface area contributed by atoms with Gasteiger partial charge < -0.3 is 5.32 Å². The predicted molar refractivity (Wildman–Crippen MR) is 81.2 cm³/mol. The zero-order chi connectivity index (χ0) is 14.7. The Morgan fingerprint density at radius 2 is 1.95 bits per heavy atom. The lowest BCUT2D eigenvalue weighted by Gasteiger charge is -2.14. The van der Waals surface area contributed by atoms with E-state index in [4.69, 9.17) is 0 Å². The molecule has 0 aliphatic rings. The highest BCUT2D eigenvalue weighted by Crippen LogP contribution is 2.17. The van der Waals surface area contributed by atoms with E-state index in [-0.39, 0.29) is 11.9 Å². The fourth-order valence-electron chi connectivity index (χ4n) is 2.32. The quantitative estimate of drug-likeness (QED) is 0.793. The zero-order valence-electron chi connectivity index (χ0n) is 11.8. The summed E-state index contributed by atoms with van der Waals surface area (Å²) >= 11 is 0. The molecule has 0 spiro atoms. The normalized spacial score (nSPS) is 12.5. The standard InChI is InChI=1S/C17H16FN3/c1-12(16-8-7-15(18)11-21-16)20-10-14-5-2-4-13-6-3-9-19-17(13)14/h2-9,11-12,20H,10H2,1H3. The number of nitrogens with one attached hydrogen (secondary N) is 1. The topological polar surface area (TPSA) is 37.8 Å². The van der Waals surface area contributed by atoms with Gasteiger partial charge >= 0.3 is 0 Å². The Hall–Kier alpha value is -2.33. The number of halogens is 1. The van der Waals surface area contributed by atoms with E-state index in [1.165, 1.54) is 12.3 Å². The van der Waals surface area contributed by atoms with Crippen LogP contribution in [-0.4, -0.2) is 9.97 Å². The van der Waals surface area contributed by atoms with Gasteiger partial charge in [-0.15, -0.1) is 0 Å². The van der Waals surface area contributed by atoms with Gasteiger partial charge in [0, 0.05) is 24.2 Å². The number of nitrogens with zero attached hydrogens (tertiary/aromatic N) is 2. The lowest BCUT2D eigenvalue weighted by Crippen LogP contribution is -2.19. The van der Waals surface area contributed by atoms with Crippen molar-refractivity contribution < 1.29 is 4.39 Å². The smallest absolute Gasteiger partial charge is 0.141 e. The minimum absolute atomic E-state index is 0.0459. The SMILES string of the molecule is CC(NCc1cccc2cccnc12)c1ccc(F)cn1. The van der Waals surface area contributed by atoms with Crippen molar-refractivity contribution in [2.45, 2.75) is 19.5 Å². The average molecular weight is 281 g/mol. The minimum Gasteiger partial charge on any atom is -0.305 e. The van der Waals surface area contributed by atoms with Crippen molar-refractivity contribution in [3.8, 4) is 0 Å². The lowest BCUT2D eigenvalue weighted by molar-refractivity contribution is 0.555. The maximum atomic E-state index is 12.9. The summed E-state index contributed by atoms with van der Waals surface area (Å²) in [5, 5.41) is 4.53. The van der Waals surface area contributed by atoms with Gasteiger partial charge in [-0.05, 0) is 30.7 Å². The zero-order valence-corrected chi connectivity index (χ0v) is 11.8. The summed E-state index contributed by atoms with van der Waals surface area (Å²) in [4.78, 5) is 8.54. The van der Waals surface area contributed by atoms with Gasteiger partial charge in [0.1, 0.15) is 5.82 Å². The van der Waals surface area contributed by atoms with Gasteiger partial charge in [0.2, 0.25) is 0 Å². The number of benzene rings is 1. The van der Waals surface area contributed by atoms with Gasteiger partial charge in [-0.1, -0.05) is 24.3 Å². The molecule has 2 heterocycles. The molecule has 0 amide bonds. The third-order valence-electron chi connectivity index (χ3n) is 3.51. The van der Waals surface area contributed by atoms with Crippen LogP contribution in [0, 0.1) is 5.82 Å². The minimum atomic E-state index is -0.316. The van der Waals surface area contributed by atoms with E-state index in [2.05, 4.69) is 33.5 Å². The lowest BCUT2D eigenvalue weighted by atomic mass is 10.1. The number of fused-ring (bicyclic) bond motifs is 1. The van der Waals surface area contributed by atoms with Crippen LogP contribution in [-0.2, 0) is 6.54 Å². The van der Waals surface area contributed by atoms with Crippen LogP contribution in [0.15, 0.2) is 54.9 Å². The molecule has 2 aromatic heterocycles. The molecule has 21 heavy (non-hydrogen) atoms. The Labute approximate surface area is 122 Å². The van der Waals surface area contributed by atoms with E-state index < -0.39 is 0 Å². The molecule has 0 saturated carbocycles. The first-order valence-corrected chi connectivity index (χ1v) is 6.91. The second kappa shape index (κ2) is 5.97. The number of rotatable bonds is 4. The maximum Gasteiger partial charge on any atom is 0.141 e. The monoisotopic (exact) mass is 281 g/mol. The molecule has 0 radical (unpaired) electrons. The van der Waals surface area contributed by atoms with Crippen molar-refractivity contribution in [1.29, 1.82) is 0 Å². The number of aromatic nitrogens is 2. The predicted octanol–water partition coefficient (Wildman–Crippen LogP) is 3.62. The van der Waals surface area contributed by atoms with E-state index in [0.29, 0.717) is 6.54 Å². The average Bonchev–Trinajstić information content (AvgIpc) is 2.53. The van der Waals surface area contributed by atoms with Gasteiger partial charge in [-0.2, -0.15) is 0 Å². The molecule has 0 aliphatic heterocycles. The van der Waals surface area contributed by atoms with E-state index in [1.807, 2.05) is 19.1 Å². The number of para-hydroxylation sites is 1. The summed E-state index contributed by atoms with van der Waals surface area (Å²) in [5.74, 6) is -0.316. The van der Waals surface area contributed by atoms with Gasteiger partial charge in [0.05, 0.1) is 17.4 Å². The van der Waals surface area contributed by atoms with Crippen LogP contribution in [0.2, 0.25) is 0 Å². The van der Waals surface area contributed by atoms with Crippen LogP contribution in [0.1, 0.15) is 24.2 Å².